The van der Waals surface area contributed by atoms with Crippen molar-refractivity contribution in [1.82, 2.24) is 16.0 Å². The molecule has 0 aromatic carbocycles. The van der Waals surface area contributed by atoms with Crippen molar-refractivity contribution in [2.24, 2.45) is 0 Å². The van der Waals surface area contributed by atoms with Crippen molar-refractivity contribution in [3.05, 3.63) is 0 Å². The number of hydrogen-bond acceptors (Lipinski definition) is 5. The molecule has 0 aliphatic rings. The van der Waals surface area contributed by atoms with Crippen molar-refractivity contribution >= 4 is 23.7 Å². The number of amides is 3. The number of carbonyl (C=O) groups is 4. The lowest BCUT2D eigenvalue weighted by molar-refractivity contribution is -0.355. The van der Waals surface area contributed by atoms with Crippen LogP contribution in [0.15, 0.2) is 0 Å². The molecular weight excluding hydrogens is 244 g/mol. The van der Waals surface area contributed by atoms with Crippen LogP contribution in [0.5, 0.6) is 0 Å². The van der Waals surface area contributed by atoms with Gasteiger partial charge >= 0.3 is 0 Å². The van der Waals surface area contributed by atoms with E-state index in [0.29, 0.717) is 0 Å². The Morgan fingerprint density at radius 1 is 1.06 bits per heavy atom. The van der Waals surface area contributed by atoms with Crippen molar-refractivity contribution in [3.63, 3.8) is 0 Å². The van der Waals surface area contributed by atoms with E-state index in [9.17, 15) is 24.3 Å². The Hall–Kier alpha value is -2.16. The zero-order valence-corrected chi connectivity index (χ0v) is 9.95. The predicted octanol–water partition coefficient (Wildman–Crippen LogP) is -5.28. The van der Waals surface area contributed by atoms with Gasteiger partial charge in [-0.1, -0.05) is 0 Å². The lowest BCUT2D eigenvalue weighted by Gasteiger charge is -2.14. The van der Waals surface area contributed by atoms with Gasteiger partial charge in [0.1, 0.15) is 0 Å². The topological polar surface area (TPSA) is 155 Å². The second-order valence-electron chi connectivity index (χ2n) is 3.41. The first-order valence-electron chi connectivity index (χ1n) is 5.19. The van der Waals surface area contributed by atoms with Crippen LogP contribution in [0.3, 0.4) is 0 Å². The molecule has 0 radical (unpaired) electrons. The Balaban J connectivity index is 3.82. The number of quaternary nitrogens is 1. The minimum Gasteiger partial charge on any atom is -0.548 e. The van der Waals surface area contributed by atoms with Gasteiger partial charge in [-0.3, -0.25) is 14.4 Å². The Kier molecular flexibility index (Phi) is 7.05. The maximum Gasteiger partial charge on any atom is 0.275 e. The Labute approximate surface area is 103 Å². The fourth-order valence-electron chi connectivity index (χ4n) is 0.860. The minimum absolute atomic E-state index is 0.0108. The molecular formula is C9H16N4O5. The first-order chi connectivity index (χ1) is 8.36. The van der Waals surface area contributed by atoms with Crippen LogP contribution >= 0.6 is 0 Å². The molecule has 0 saturated carbocycles. The van der Waals surface area contributed by atoms with Crippen LogP contribution in [-0.4, -0.2) is 49.4 Å². The van der Waals surface area contributed by atoms with E-state index in [1.54, 1.807) is 0 Å². The van der Waals surface area contributed by atoms with E-state index in [1.807, 2.05) is 0 Å². The van der Waals surface area contributed by atoms with Gasteiger partial charge in [0.2, 0.25) is 11.8 Å². The summed E-state index contributed by atoms with van der Waals surface area (Å²) < 4.78 is 0. The molecule has 0 rings (SSSR count). The number of nitrogens with one attached hydrogen (secondary N) is 3. The third-order valence-corrected chi connectivity index (χ3v) is 1.85. The average molecular weight is 260 g/mol. The average Bonchev–Trinajstić information content (AvgIpc) is 2.32. The monoisotopic (exact) mass is 260 g/mol. The van der Waals surface area contributed by atoms with Crippen molar-refractivity contribution in [2.75, 3.05) is 19.6 Å². The summed E-state index contributed by atoms with van der Waals surface area (Å²) in [6.07, 6.45) is 0. The van der Waals surface area contributed by atoms with E-state index < -0.39 is 23.8 Å². The van der Waals surface area contributed by atoms with Crippen LogP contribution in [0.4, 0.5) is 0 Å². The lowest BCUT2D eigenvalue weighted by Crippen LogP contribution is -2.58. The molecule has 18 heavy (non-hydrogen) atoms. The highest BCUT2D eigenvalue weighted by Crippen LogP contribution is 1.77. The van der Waals surface area contributed by atoms with Gasteiger partial charge in [-0.15, -0.1) is 0 Å². The summed E-state index contributed by atoms with van der Waals surface area (Å²) in [6, 6.07) is -1.14. The standard InChI is InChI=1S/C9H16N4O5/c1-5(9(17)18)13-8(16)4-12-7(15)3-11-6(14)2-10/h5H,2-4,10H2,1H3,(H,11,14)(H,12,15)(H,13,16)(H,17,18)/t5-/m0/s1. The fraction of sp³-hybridized carbons (Fsp3) is 0.556. The molecule has 1 atom stereocenters. The van der Waals surface area contributed by atoms with Gasteiger partial charge in [-0.2, -0.15) is 0 Å². The maximum absolute atomic E-state index is 11.1. The van der Waals surface area contributed by atoms with E-state index >= 15 is 0 Å². The van der Waals surface area contributed by atoms with E-state index in [1.165, 1.54) is 6.92 Å². The molecule has 102 valence electrons. The number of rotatable bonds is 7. The van der Waals surface area contributed by atoms with Crippen LogP contribution < -0.4 is 26.8 Å². The van der Waals surface area contributed by atoms with Crippen LogP contribution in [0.1, 0.15) is 6.92 Å². The van der Waals surface area contributed by atoms with Gasteiger partial charge < -0.3 is 31.6 Å². The van der Waals surface area contributed by atoms with E-state index in [-0.39, 0.29) is 25.5 Å². The number of hydrogen-bond donors (Lipinski definition) is 4. The summed E-state index contributed by atoms with van der Waals surface area (Å²) in [6.45, 7) is 0.606. The van der Waals surface area contributed by atoms with Gasteiger partial charge in [0.25, 0.3) is 5.91 Å². The molecule has 0 heterocycles. The second-order valence-corrected chi connectivity index (χ2v) is 3.41. The molecule has 0 aliphatic carbocycles. The largest absolute Gasteiger partial charge is 0.548 e. The highest BCUT2D eigenvalue weighted by molar-refractivity contribution is 5.89. The van der Waals surface area contributed by atoms with Crippen LogP contribution in [0.2, 0.25) is 0 Å². The molecule has 0 aromatic rings. The zero-order valence-electron chi connectivity index (χ0n) is 9.95. The van der Waals surface area contributed by atoms with Crippen LogP contribution in [-0.2, 0) is 19.2 Å². The van der Waals surface area contributed by atoms with Crippen LogP contribution in [0, 0.1) is 0 Å². The van der Waals surface area contributed by atoms with Crippen LogP contribution in [0.25, 0.3) is 0 Å². The number of aliphatic carboxylic acids is 1. The first kappa shape index (κ1) is 15.8. The van der Waals surface area contributed by atoms with E-state index in [4.69, 9.17) is 0 Å². The van der Waals surface area contributed by atoms with Crippen molar-refractivity contribution < 1.29 is 30.0 Å². The Morgan fingerprint density at radius 2 is 1.56 bits per heavy atom. The third kappa shape index (κ3) is 7.17. The first-order valence-corrected chi connectivity index (χ1v) is 5.19. The molecule has 0 aromatic heterocycles. The molecule has 0 aliphatic heterocycles. The molecule has 9 nitrogen and oxygen atoms in total. The molecule has 0 saturated heterocycles. The summed E-state index contributed by atoms with van der Waals surface area (Å²) >= 11 is 0. The van der Waals surface area contributed by atoms with Gasteiger partial charge in [-0.25, -0.2) is 0 Å². The summed E-state index contributed by atoms with van der Waals surface area (Å²) in [7, 11) is 0. The molecule has 3 amide bonds. The smallest absolute Gasteiger partial charge is 0.275 e. The molecule has 0 unspecified atom stereocenters. The van der Waals surface area contributed by atoms with Gasteiger partial charge in [0, 0.05) is 0 Å². The van der Waals surface area contributed by atoms with Crippen molar-refractivity contribution in [2.45, 2.75) is 13.0 Å². The molecule has 0 spiro atoms. The van der Waals surface area contributed by atoms with Gasteiger partial charge in [-0.05, 0) is 6.92 Å². The maximum atomic E-state index is 11.1. The van der Waals surface area contributed by atoms with Crippen molar-refractivity contribution in [1.29, 1.82) is 0 Å². The highest BCUT2D eigenvalue weighted by atomic mass is 16.4. The number of carboxylic acids is 1. The van der Waals surface area contributed by atoms with E-state index in [2.05, 4.69) is 21.7 Å². The molecule has 6 N–H and O–H groups in total. The summed E-state index contributed by atoms with van der Waals surface area (Å²) in [5.74, 6) is -3.03. The fourth-order valence-corrected chi connectivity index (χ4v) is 0.860. The Bertz CT molecular complexity index is 344. The minimum atomic E-state index is -1.42. The summed E-state index contributed by atoms with van der Waals surface area (Å²) in [5, 5.41) is 16.9. The number of carbonyl (C=O) groups excluding carboxylic acids is 4. The van der Waals surface area contributed by atoms with E-state index in [0.717, 1.165) is 0 Å². The highest BCUT2D eigenvalue weighted by Gasteiger charge is 2.10. The predicted molar refractivity (Wildman–Crippen MR) is 56.4 cm³/mol. The molecule has 0 fully saturated rings. The quantitative estimate of drug-likeness (QED) is 0.360. The van der Waals surface area contributed by atoms with Gasteiger partial charge in [0.15, 0.2) is 6.54 Å². The SMILES string of the molecule is C[C@H](NC(=O)CNC(=O)CNC(=O)C[NH3+])C(=O)[O-]. The molecule has 0 bridgehead atoms. The molecule has 9 heteroatoms. The third-order valence-electron chi connectivity index (χ3n) is 1.85. The lowest BCUT2D eigenvalue weighted by atomic mass is 10.3. The zero-order chi connectivity index (χ0) is 14.1. The number of carboxylic acid groups (broad SMARTS) is 1. The summed E-state index contributed by atoms with van der Waals surface area (Å²) in [4.78, 5) is 43.4. The van der Waals surface area contributed by atoms with Crippen molar-refractivity contribution in [3.8, 4) is 0 Å². The summed E-state index contributed by atoms with van der Waals surface area (Å²) in [5.41, 5.74) is 3.32. The van der Waals surface area contributed by atoms with Gasteiger partial charge in [0.05, 0.1) is 25.1 Å². The normalized spacial score (nSPS) is 11.2. The Morgan fingerprint density at radius 3 is 2.06 bits per heavy atom. The second kappa shape index (κ2) is 8.01.